The van der Waals surface area contributed by atoms with Crippen molar-refractivity contribution in [3.8, 4) is 0 Å². The first kappa shape index (κ1) is 12.4. The molecular formula is C12H15BrClNO. The number of benzene rings is 1. The van der Waals surface area contributed by atoms with Crippen LogP contribution in [0.1, 0.15) is 18.4 Å². The molecule has 0 saturated carbocycles. The molecule has 0 bridgehead atoms. The predicted octanol–water partition coefficient (Wildman–Crippen LogP) is 3.37. The van der Waals surface area contributed by atoms with E-state index in [0.717, 1.165) is 41.0 Å². The Hall–Kier alpha value is -0.0900. The summed E-state index contributed by atoms with van der Waals surface area (Å²) in [4.78, 5) is 0. The van der Waals surface area contributed by atoms with Crippen LogP contribution in [0.15, 0.2) is 22.7 Å². The van der Waals surface area contributed by atoms with E-state index in [0.29, 0.717) is 12.7 Å². The highest BCUT2D eigenvalue weighted by atomic mass is 79.9. The average Bonchev–Trinajstić information content (AvgIpc) is 2.29. The van der Waals surface area contributed by atoms with E-state index >= 15 is 0 Å². The van der Waals surface area contributed by atoms with Crippen molar-refractivity contribution in [3.05, 3.63) is 33.3 Å². The Balaban J connectivity index is 1.88. The van der Waals surface area contributed by atoms with E-state index in [9.17, 15) is 0 Å². The summed E-state index contributed by atoms with van der Waals surface area (Å²) in [5.74, 6) is 0. The Kier molecular flexibility index (Phi) is 4.65. The summed E-state index contributed by atoms with van der Waals surface area (Å²) in [7, 11) is 0. The van der Waals surface area contributed by atoms with Gasteiger partial charge in [0.2, 0.25) is 0 Å². The normalized spacial score (nSPS) is 17.6. The van der Waals surface area contributed by atoms with Crippen LogP contribution in [0.5, 0.6) is 0 Å². The highest BCUT2D eigenvalue weighted by molar-refractivity contribution is 9.10. The molecule has 88 valence electrons. The number of hydrogen-bond donors (Lipinski definition) is 1. The maximum absolute atomic E-state index is 6.12. The van der Waals surface area contributed by atoms with Gasteiger partial charge < -0.3 is 10.1 Å². The molecule has 1 aromatic carbocycles. The zero-order valence-corrected chi connectivity index (χ0v) is 11.4. The summed E-state index contributed by atoms with van der Waals surface area (Å²) < 4.78 is 6.85. The van der Waals surface area contributed by atoms with Crippen LogP contribution in [0.2, 0.25) is 5.02 Å². The van der Waals surface area contributed by atoms with Crippen molar-refractivity contribution in [1.82, 2.24) is 5.32 Å². The highest BCUT2D eigenvalue weighted by Crippen LogP contribution is 2.23. The fourth-order valence-electron chi connectivity index (χ4n) is 1.81. The largest absolute Gasteiger partial charge is 0.373 e. The summed E-state index contributed by atoms with van der Waals surface area (Å²) >= 11 is 9.52. The topological polar surface area (TPSA) is 21.3 Å². The molecule has 0 aliphatic carbocycles. The molecule has 1 aromatic rings. The molecule has 1 aliphatic heterocycles. The minimum atomic E-state index is 0.376. The molecule has 1 fully saturated rings. The number of hydrogen-bond acceptors (Lipinski definition) is 2. The van der Waals surface area contributed by atoms with Crippen molar-refractivity contribution in [2.24, 2.45) is 0 Å². The van der Waals surface area contributed by atoms with Crippen molar-refractivity contribution >= 4 is 27.5 Å². The van der Waals surface area contributed by atoms with Crippen LogP contribution < -0.4 is 5.32 Å². The van der Waals surface area contributed by atoms with E-state index < -0.39 is 0 Å². The molecule has 0 radical (unpaired) electrons. The predicted molar refractivity (Wildman–Crippen MR) is 69.8 cm³/mol. The zero-order valence-electron chi connectivity index (χ0n) is 9.01. The van der Waals surface area contributed by atoms with E-state index in [1.807, 2.05) is 18.2 Å². The van der Waals surface area contributed by atoms with Crippen LogP contribution >= 0.6 is 27.5 Å². The fraction of sp³-hybridized carbons (Fsp3) is 0.500. The van der Waals surface area contributed by atoms with Crippen LogP contribution in [0.3, 0.4) is 0 Å². The average molecular weight is 305 g/mol. The summed E-state index contributed by atoms with van der Waals surface area (Å²) in [6.07, 6.45) is 2.56. The van der Waals surface area contributed by atoms with Crippen LogP contribution in [0.4, 0.5) is 0 Å². The minimum absolute atomic E-state index is 0.376. The van der Waals surface area contributed by atoms with Gasteiger partial charge in [-0.05, 0) is 43.6 Å². The fourth-order valence-corrected chi connectivity index (χ4v) is 2.54. The smallest absolute Gasteiger partial charge is 0.0735 e. The third-order valence-electron chi connectivity index (χ3n) is 2.78. The molecule has 0 amide bonds. The molecule has 0 unspecified atom stereocenters. The number of rotatable bonds is 3. The van der Waals surface area contributed by atoms with Crippen molar-refractivity contribution in [2.75, 3.05) is 13.1 Å². The van der Waals surface area contributed by atoms with Crippen LogP contribution in [-0.2, 0) is 11.3 Å². The minimum Gasteiger partial charge on any atom is -0.373 e. The molecule has 0 aromatic heterocycles. The lowest BCUT2D eigenvalue weighted by molar-refractivity contribution is 0.0213. The number of nitrogens with one attached hydrogen (secondary N) is 1. The molecule has 0 atom stereocenters. The number of halogens is 2. The molecule has 2 rings (SSSR count). The van der Waals surface area contributed by atoms with Crippen LogP contribution in [0, 0.1) is 0 Å². The van der Waals surface area contributed by atoms with Crippen molar-refractivity contribution < 1.29 is 4.74 Å². The van der Waals surface area contributed by atoms with E-state index in [-0.39, 0.29) is 0 Å². The van der Waals surface area contributed by atoms with Gasteiger partial charge in [-0.1, -0.05) is 33.6 Å². The maximum atomic E-state index is 6.12. The van der Waals surface area contributed by atoms with E-state index in [1.54, 1.807) is 0 Å². The quantitative estimate of drug-likeness (QED) is 0.924. The Labute approximate surface area is 109 Å². The van der Waals surface area contributed by atoms with Gasteiger partial charge in [-0.2, -0.15) is 0 Å². The van der Waals surface area contributed by atoms with Crippen molar-refractivity contribution in [1.29, 1.82) is 0 Å². The Morgan fingerprint density at radius 1 is 1.38 bits per heavy atom. The van der Waals surface area contributed by atoms with E-state index in [1.165, 1.54) is 0 Å². The third-order valence-corrected chi connectivity index (χ3v) is 3.62. The third kappa shape index (κ3) is 3.45. The van der Waals surface area contributed by atoms with Gasteiger partial charge in [-0.3, -0.25) is 0 Å². The summed E-state index contributed by atoms with van der Waals surface area (Å²) in [5.41, 5.74) is 1.06. The maximum Gasteiger partial charge on any atom is 0.0735 e. The van der Waals surface area contributed by atoms with Crippen LogP contribution in [0.25, 0.3) is 0 Å². The molecule has 1 saturated heterocycles. The molecule has 2 nitrogen and oxygen atoms in total. The van der Waals surface area contributed by atoms with Gasteiger partial charge in [0.15, 0.2) is 0 Å². The first-order chi connectivity index (χ1) is 7.75. The summed E-state index contributed by atoms with van der Waals surface area (Å²) in [5, 5.41) is 4.09. The van der Waals surface area contributed by atoms with Gasteiger partial charge in [0.1, 0.15) is 0 Å². The van der Waals surface area contributed by atoms with Gasteiger partial charge in [0.25, 0.3) is 0 Å². The van der Waals surface area contributed by atoms with Gasteiger partial charge in [-0.15, -0.1) is 0 Å². The van der Waals surface area contributed by atoms with Gasteiger partial charge in [0.05, 0.1) is 12.7 Å². The Morgan fingerprint density at radius 2 is 2.12 bits per heavy atom. The Bertz CT molecular complexity index is 353. The molecule has 16 heavy (non-hydrogen) atoms. The first-order valence-electron chi connectivity index (χ1n) is 5.52. The SMILES string of the molecule is Clc1cc(Br)ccc1COC1CCNCC1. The first-order valence-corrected chi connectivity index (χ1v) is 6.69. The molecule has 1 N–H and O–H groups in total. The molecule has 4 heteroatoms. The number of ether oxygens (including phenoxy) is 1. The van der Waals surface area contributed by atoms with Gasteiger partial charge in [-0.25, -0.2) is 0 Å². The lowest BCUT2D eigenvalue weighted by Gasteiger charge is -2.23. The van der Waals surface area contributed by atoms with Crippen molar-refractivity contribution in [3.63, 3.8) is 0 Å². The lowest BCUT2D eigenvalue weighted by Crippen LogP contribution is -2.32. The molecule has 1 heterocycles. The second kappa shape index (κ2) is 6.01. The molecular weight excluding hydrogens is 289 g/mol. The van der Waals surface area contributed by atoms with Gasteiger partial charge >= 0.3 is 0 Å². The zero-order chi connectivity index (χ0) is 11.4. The summed E-state index contributed by atoms with van der Waals surface area (Å²) in [6, 6.07) is 5.91. The van der Waals surface area contributed by atoms with E-state index in [4.69, 9.17) is 16.3 Å². The van der Waals surface area contributed by atoms with Crippen molar-refractivity contribution in [2.45, 2.75) is 25.6 Å². The van der Waals surface area contributed by atoms with Gasteiger partial charge in [0, 0.05) is 9.50 Å². The lowest BCUT2D eigenvalue weighted by atomic mass is 10.1. The second-order valence-corrected chi connectivity index (χ2v) is 5.32. The standard InChI is InChI=1S/C12H15BrClNO/c13-10-2-1-9(12(14)7-10)8-16-11-3-5-15-6-4-11/h1-2,7,11,15H,3-6,8H2. The van der Waals surface area contributed by atoms with E-state index in [2.05, 4.69) is 21.2 Å². The van der Waals surface area contributed by atoms with Crippen LogP contribution in [-0.4, -0.2) is 19.2 Å². The second-order valence-electron chi connectivity index (χ2n) is 4.00. The highest BCUT2D eigenvalue weighted by Gasteiger charge is 2.13. The Morgan fingerprint density at radius 3 is 2.81 bits per heavy atom. The molecule has 1 aliphatic rings. The monoisotopic (exact) mass is 303 g/mol. The molecule has 0 spiro atoms. The summed E-state index contributed by atoms with van der Waals surface area (Å²) in [6.45, 7) is 2.72. The number of piperidine rings is 1.